The first-order chi connectivity index (χ1) is 14.8. The topological polar surface area (TPSA) is 131 Å². The number of ether oxygens (including phenoxy) is 1. The molecule has 0 radical (unpaired) electrons. The minimum absolute atomic E-state index is 0.248. The lowest BCUT2D eigenvalue weighted by Gasteiger charge is -2.45. The lowest BCUT2D eigenvalue weighted by atomic mass is 9.78. The van der Waals surface area contributed by atoms with Gasteiger partial charge in [-0.3, -0.25) is 14.9 Å². The van der Waals surface area contributed by atoms with E-state index < -0.39 is 64.2 Å². The Kier molecular flexibility index (Phi) is 6.06. The highest BCUT2D eigenvalue weighted by Crippen LogP contribution is 2.46. The van der Waals surface area contributed by atoms with Gasteiger partial charge in [0.25, 0.3) is 5.69 Å². The number of nitro benzene ring substituents is 1. The molecule has 9 nitrogen and oxygen atoms in total. The zero-order chi connectivity index (χ0) is 23.8. The van der Waals surface area contributed by atoms with Gasteiger partial charge in [0, 0.05) is 17.7 Å². The van der Waals surface area contributed by atoms with Crippen LogP contribution in [0, 0.1) is 16.0 Å². The molecule has 0 spiro atoms. The summed E-state index contributed by atoms with van der Waals surface area (Å²) >= 11 is 0.729. The number of nitrogens with zero attached hydrogens (tertiary/aromatic N) is 1. The average Bonchev–Trinajstić information content (AvgIpc) is 3.20. The standard InChI is InChI=1S/C17H12F5N3O6S/c18-14(19)31-9-4-3-7(25(29)30)6-8(9)12-11(13(26)10-2-1-5-32-10)16(28,17(20,21)22)24-15(27)23-12/h1-6,11-12,14,28H,(H2,23,24,27)/t11-,12-,16+/m1/s1. The number of ketones is 1. The molecule has 172 valence electrons. The smallest absolute Gasteiger partial charge is 0.434 e. The SMILES string of the molecule is O=C1N[C@H](c2cc([N+](=O)[O-])ccc2OC(F)F)[C@H](C(=O)c2cccs2)[C@](O)(C(F)(F)F)N1. The Morgan fingerprint density at radius 3 is 2.53 bits per heavy atom. The fraction of sp³-hybridized carbons (Fsp3) is 0.294. The van der Waals surface area contributed by atoms with Gasteiger partial charge in [-0.15, -0.1) is 11.3 Å². The summed E-state index contributed by atoms with van der Waals surface area (Å²) in [6.45, 7) is -3.49. The first-order valence-electron chi connectivity index (χ1n) is 8.54. The third-order valence-corrected chi connectivity index (χ3v) is 5.49. The van der Waals surface area contributed by atoms with E-state index in [4.69, 9.17) is 0 Å². The van der Waals surface area contributed by atoms with Crippen LogP contribution in [0.15, 0.2) is 35.7 Å². The Hall–Kier alpha value is -3.33. The Morgan fingerprint density at radius 2 is 2.00 bits per heavy atom. The fourth-order valence-electron chi connectivity index (χ4n) is 3.27. The van der Waals surface area contributed by atoms with Gasteiger partial charge in [0.1, 0.15) is 11.7 Å². The van der Waals surface area contributed by atoms with E-state index in [1.165, 1.54) is 16.8 Å². The second-order valence-corrected chi connectivity index (χ2v) is 7.46. The summed E-state index contributed by atoms with van der Waals surface area (Å²) in [6.07, 6.45) is -5.59. The van der Waals surface area contributed by atoms with Gasteiger partial charge < -0.3 is 20.5 Å². The third-order valence-electron chi connectivity index (χ3n) is 4.61. The summed E-state index contributed by atoms with van der Waals surface area (Å²) in [6, 6.07) is 0.787. The molecule has 2 aromatic rings. The Morgan fingerprint density at radius 1 is 1.31 bits per heavy atom. The number of non-ortho nitro benzene ring substituents is 1. The summed E-state index contributed by atoms with van der Waals surface area (Å²) in [5, 5.41) is 26.2. The molecule has 3 N–H and O–H groups in total. The molecule has 1 fully saturated rings. The van der Waals surface area contributed by atoms with Crippen LogP contribution in [0.25, 0.3) is 0 Å². The van der Waals surface area contributed by atoms with Crippen LogP contribution in [0.2, 0.25) is 0 Å². The number of carbonyl (C=O) groups is 2. The van der Waals surface area contributed by atoms with Gasteiger partial charge in [0.2, 0.25) is 5.72 Å². The zero-order valence-corrected chi connectivity index (χ0v) is 16.2. The highest BCUT2D eigenvalue weighted by Gasteiger charge is 2.66. The van der Waals surface area contributed by atoms with Crippen LogP contribution >= 0.6 is 11.3 Å². The van der Waals surface area contributed by atoms with E-state index in [2.05, 4.69) is 4.74 Å². The zero-order valence-electron chi connectivity index (χ0n) is 15.4. The summed E-state index contributed by atoms with van der Waals surface area (Å²) in [4.78, 5) is 34.9. The molecular weight excluding hydrogens is 469 g/mol. The fourth-order valence-corrected chi connectivity index (χ4v) is 3.97. The van der Waals surface area contributed by atoms with Gasteiger partial charge in [-0.05, 0) is 17.5 Å². The molecule has 1 saturated heterocycles. The van der Waals surface area contributed by atoms with Crippen LogP contribution in [-0.4, -0.2) is 40.4 Å². The number of halogens is 5. The van der Waals surface area contributed by atoms with E-state index in [1.807, 2.05) is 5.32 Å². The maximum Gasteiger partial charge on any atom is 0.437 e. The van der Waals surface area contributed by atoms with Crippen molar-refractivity contribution < 1.29 is 46.3 Å². The van der Waals surface area contributed by atoms with E-state index in [0.717, 1.165) is 23.5 Å². The van der Waals surface area contributed by atoms with Crippen molar-refractivity contribution in [1.82, 2.24) is 10.6 Å². The number of hydrogen-bond donors (Lipinski definition) is 3. The van der Waals surface area contributed by atoms with Crippen LogP contribution in [0.3, 0.4) is 0 Å². The van der Waals surface area contributed by atoms with Gasteiger partial charge in [-0.1, -0.05) is 6.07 Å². The largest absolute Gasteiger partial charge is 0.437 e. The van der Waals surface area contributed by atoms with Crippen molar-refractivity contribution in [3.8, 4) is 5.75 Å². The lowest BCUT2D eigenvalue weighted by molar-refractivity contribution is -0.385. The normalized spacial score (nSPS) is 23.4. The molecule has 1 aromatic carbocycles. The summed E-state index contributed by atoms with van der Waals surface area (Å²) in [5.41, 5.74) is -5.60. The number of nitro groups is 1. The molecule has 15 heteroatoms. The van der Waals surface area contributed by atoms with E-state index in [-0.39, 0.29) is 4.88 Å². The van der Waals surface area contributed by atoms with Crippen LogP contribution in [0.4, 0.5) is 32.4 Å². The highest BCUT2D eigenvalue weighted by molar-refractivity contribution is 7.12. The van der Waals surface area contributed by atoms with E-state index in [1.54, 1.807) is 0 Å². The molecule has 3 atom stereocenters. The Labute approximate surface area is 178 Å². The molecule has 3 rings (SSSR count). The minimum Gasteiger partial charge on any atom is -0.434 e. The van der Waals surface area contributed by atoms with Crippen molar-refractivity contribution in [2.45, 2.75) is 24.6 Å². The van der Waals surface area contributed by atoms with Gasteiger partial charge in [-0.2, -0.15) is 22.0 Å². The quantitative estimate of drug-likeness (QED) is 0.251. The molecule has 1 aliphatic rings. The molecule has 0 aliphatic carbocycles. The van der Waals surface area contributed by atoms with E-state index in [9.17, 15) is 46.8 Å². The van der Waals surface area contributed by atoms with Gasteiger partial charge in [-0.25, -0.2) is 4.79 Å². The number of Topliss-reactive ketones (excluding diaryl/α,β-unsaturated/α-hetero) is 1. The number of benzene rings is 1. The van der Waals surface area contributed by atoms with E-state index in [0.29, 0.717) is 12.1 Å². The van der Waals surface area contributed by atoms with Crippen LogP contribution in [0.5, 0.6) is 5.75 Å². The number of thiophene rings is 1. The van der Waals surface area contributed by atoms with Gasteiger partial charge in [0.15, 0.2) is 5.78 Å². The number of hydrogen-bond acceptors (Lipinski definition) is 7. The number of urea groups is 1. The molecule has 0 unspecified atom stereocenters. The van der Waals surface area contributed by atoms with Crippen molar-refractivity contribution in [2.24, 2.45) is 5.92 Å². The molecule has 1 aromatic heterocycles. The van der Waals surface area contributed by atoms with E-state index >= 15 is 0 Å². The van der Waals surface area contributed by atoms with Crippen molar-refractivity contribution in [2.75, 3.05) is 0 Å². The third kappa shape index (κ3) is 4.20. The predicted octanol–water partition coefficient (Wildman–Crippen LogP) is 3.36. The number of rotatable bonds is 6. The number of aliphatic hydroxyl groups is 1. The molecule has 2 amide bonds. The van der Waals surface area contributed by atoms with Crippen molar-refractivity contribution in [3.05, 3.63) is 56.3 Å². The molecular formula is C17H12F5N3O6S. The number of alkyl halides is 5. The lowest BCUT2D eigenvalue weighted by Crippen LogP contribution is -2.72. The van der Waals surface area contributed by atoms with Gasteiger partial charge in [0.05, 0.1) is 15.8 Å². The maximum atomic E-state index is 13.9. The average molecular weight is 481 g/mol. The second-order valence-electron chi connectivity index (χ2n) is 6.52. The van der Waals surface area contributed by atoms with Crippen molar-refractivity contribution in [1.29, 1.82) is 0 Å². The first kappa shape index (κ1) is 23.3. The number of carbonyl (C=O) groups excluding carboxylic acids is 2. The molecule has 0 bridgehead atoms. The second kappa shape index (κ2) is 8.31. The van der Waals surface area contributed by atoms with Crippen LogP contribution < -0.4 is 15.4 Å². The van der Waals surface area contributed by atoms with Crippen LogP contribution in [-0.2, 0) is 0 Å². The van der Waals surface area contributed by atoms with Crippen molar-refractivity contribution in [3.63, 3.8) is 0 Å². The summed E-state index contributed by atoms with van der Waals surface area (Å²) in [7, 11) is 0. The minimum atomic E-state index is -5.59. The monoisotopic (exact) mass is 481 g/mol. The van der Waals surface area contributed by atoms with Crippen molar-refractivity contribution >= 4 is 28.8 Å². The molecule has 1 aliphatic heterocycles. The van der Waals surface area contributed by atoms with Gasteiger partial charge >= 0.3 is 18.8 Å². The molecule has 0 saturated carbocycles. The van der Waals surface area contributed by atoms with Crippen LogP contribution in [0.1, 0.15) is 21.3 Å². The maximum absolute atomic E-state index is 13.9. The Balaban J connectivity index is 2.26. The predicted molar refractivity (Wildman–Crippen MR) is 97.3 cm³/mol. The molecule has 2 heterocycles. The summed E-state index contributed by atoms with van der Waals surface area (Å²) in [5.74, 6) is -4.68. The Bertz CT molecular complexity index is 1050. The number of nitrogens with one attached hydrogen (secondary N) is 2. The molecule has 32 heavy (non-hydrogen) atoms. The highest BCUT2D eigenvalue weighted by atomic mass is 32.1. The number of amides is 2. The summed E-state index contributed by atoms with van der Waals surface area (Å²) < 4.78 is 71.6. The first-order valence-corrected chi connectivity index (χ1v) is 9.41.